The van der Waals surface area contributed by atoms with E-state index in [0.717, 1.165) is 24.3 Å². The number of amides is 2. The van der Waals surface area contributed by atoms with E-state index in [1.165, 1.54) is 12.1 Å². The summed E-state index contributed by atoms with van der Waals surface area (Å²) in [4.78, 5) is 24.4. The van der Waals surface area contributed by atoms with E-state index in [1.54, 1.807) is 0 Å². The van der Waals surface area contributed by atoms with Gasteiger partial charge in [0.15, 0.2) is 6.54 Å². The van der Waals surface area contributed by atoms with Gasteiger partial charge >= 0.3 is 0 Å². The first-order chi connectivity index (χ1) is 10.4. The minimum Gasteiger partial charge on any atom is -0.369 e. The van der Waals surface area contributed by atoms with Crippen molar-refractivity contribution in [3.63, 3.8) is 0 Å². The Morgan fingerprint density at radius 3 is 2.50 bits per heavy atom. The van der Waals surface area contributed by atoms with Gasteiger partial charge < -0.3 is 16.0 Å². The van der Waals surface area contributed by atoms with Crippen LogP contribution in [-0.4, -0.2) is 31.4 Å². The zero-order chi connectivity index (χ0) is 16.3. The molecule has 0 spiro atoms. The molecule has 120 valence electrons. The Balaban J connectivity index is 1.97. The summed E-state index contributed by atoms with van der Waals surface area (Å²) >= 11 is 17.9. The minimum absolute atomic E-state index is 0.167. The minimum atomic E-state index is -0.304. The Labute approximate surface area is 143 Å². The second-order valence-corrected chi connectivity index (χ2v) is 6.67. The number of rotatable bonds is 4. The highest BCUT2D eigenvalue weighted by Gasteiger charge is 2.28. The van der Waals surface area contributed by atoms with Crippen LogP contribution in [0.15, 0.2) is 12.1 Å². The maximum absolute atomic E-state index is 12.1. The van der Waals surface area contributed by atoms with Crippen molar-refractivity contribution < 1.29 is 14.5 Å². The van der Waals surface area contributed by atoms with E-state index in [2.05, 4.69) is 5.32 Å². The van der Waals surface area contributed by atoms with Gasteiger partial charge in [-0.3, -0.25) is 9.59 Å². The van der Waals surface area contributed by atoms with Gasteiger partial charge in [0, 0.05) is 5.02 Å². The average molecular weight is 366 g/mol. The van der Waals surface area contributed by atoms with Crippen molar-refractivity contribution in [2.75, 3.05) is 25.0 Å². The number of nitrogens with one attached hydrogen (secondary N) is 2. The van der Waals surface area contributed by atoms with Crippen LogP contribution in [-0.2, 0) is 9.59 Å². The largest absolute Gasteiger partial charge is 0.369 e. The zero-order valence-electron chi connectivity index (χ0n) is 11.8. The molecule has 8 heteroatoms. The van der Waals surface area contributed by atoms with Gasteiger partial charge in [0.25, 0.3) is 5.91 Å². The number of piperidine rings is 1. The first-order valence-electron chi connectivity index (χ1n) is 6.94. The molecule has 4 N–H and O–H groups in total. The molecule has 2 atom stereocenters. The molecule has 2 amide bonds. The van der Waals surface area contributed by atoms with Crippen LogP contribution < -0.4 is 16.0 Å². The molecular formula is C14H17Cl3N3O2+. The van der Waals surface area contributed by atoms with E-state index in [-0.39, 0.29) is 34.3 Å². The third-order valence-electron chi connectivity index (χ3n) is 3.70. The summed E-state index contributed by atoms with van der Waals surface area (Å²) in [7, 11) is 0. The van der Waals surface area contributed by atoms with Crippen LogP contribution in [0.1, 0.15) is 12.8 Å². The third-order valence-corrected chi connectivity index (χ3v) is 4.52. The fourth-order valence-corrected chi connectivity index (χ4v) is 3.54. The molecule has 0 saturated carbocycles. The first-order valence-corrected chi connectivity index (χ1v) is 8.07. The van der Waals surface area contributed by atoms with E-state index in [1.807, 2.05) is 0 Å². The third kappa shape index (κ3) is 4.49. The molecule has 1 aromatic carbocycles. The van der Waals surface area contributed by atoms with Crippen LogP contribution in [0.4, 0.5) is 5.69 Å². The quantitative estimate of drug-likeness (QED) is 0.753. The fraction of sp³-hybridized carbons (Fsp3) is 0.429. The number of carbonyl (C=O) groups excluding carboxylic acids is 2. The second kappa shape index (κ2) is 7.51. The topological polar surface area (TPSA) is 76.6 Å². The fourth-order valence-electron chi connectivity index (χ4n) is 2.63. The SMILES string of the molecule is NC(=O)[C@@H]1CCC[NH+](CC(=O)Nc2c(Cl)cc(Cl)cc2Cl)C1. The van der Waals surface area contributed by atoms with Gasteiger partial charge in [-0.15, -0.1) is 0 Å². The number of hydrogen-bond acceptors (Lipinski definition) is 2. The lowest BCUT2D eigenvalue weighted by molar-refractivity contribution is -0.899. The zero-order valence-corrected chi connectivity index (χ0v) is 14.1. The Hall–Kier alpha value is -1.01. The van der Waals surface area contributed by atoms with Crippen LogP contribution in [0, 0.1) is 5.92 Å². The van der Waals surface area contributed by atoms with Gasteiger partial charge in [-0.1, -0.05) is 34.8 Å². The lowest BCUT2D eigenvalue weighted by Crippen LogP contribution is -3.14. The summed E-state index contributed by atoms with van der Waals surface area (Å²) in [6.07, 6.45) is 1.66. The summed E-state index contributed by atoms with van der Waals surface area (Å²) in [6, 6.07) is 3.03. The van der Waals surface area contributed by atoms with Crippen molar-refractivity contribution in [1.82, 2.24) is 0 Å². The molecule has 5 nitrogen and oxygen atoms in total. The lowest BCUT2D eigenvalue weighted by atomic mass is 9.97. The number of primary amides is 1. The summed E-state index contributed by atoms with van der Waals surface area (Å²) < 4.78 is 0. The molecule has 0 aliphatic carbocycles. The van der Waals surface area contributed by atoms with Crippen molar-refractivity contribution in [3.05, 3.63) is 27.2 Å². The molecule has 1 heterocycles. The van der Waals surface area contributed by atoms with Gasteiger partial charge in [-0.25, -0.2) is 0 Å². The molecule has 0 bridgehead atoms. The van der Waals surface area contributed by atoms with Crippen LogP contribution in [0.5, 0.6) is 0 Å². The Bertz CT molecular complexity index is 572. The van der Waals surface area contributed by atoms with Gasteiger partial charge in [0.2, 0.25) is 5.91 Å². The highest BCUT2D eigenvalue weighted by molar-refractivity contribution is 6.42. The van der Waals surface area contributed by atoms with Gasteiger partial charge in [-0.2, -0.15) is 0 Å². The van der Waals surface area contributed by atoms with Gasteiger partial charge in [-0.05, 0) is 25.0 Å². The number of anilines is 1. The number of likely N-dealkylation sites (tertiary alicyclic amines) is 1. The normalized spacial score (nSPS) is 21.4. The summed E-state index contributed by atoms with van der Waals surface area (Å²) in [6.45, 7) is 1.64. The maximum Gasteiger partial charge on any atom is 0.279 e. The monoisotopic (exact) mass is 364 g/mol. The number of hydrogen-bond donors (Lipinski definition) is 3. The Morgan fingerprint density at radius 1 is 1.27 bits per heavy atom. The van der Waals surface area contributed by atoms with Crippen LogP contribution in [0.25, 0.3) is 0 Å². The van der Waals surface area contributed by atoms with Crippen molar-refractivity contribution in [3.8, 4) is 0 Å². The summed E-state index contributed by atoms with van der Waals surface area (Å²) in [5.41, 5.74) is 5.69. The molecule has 0 radical (unpaired) electrons. The van der Waals surface area contributed by atoms with E-state index in [0.29, 0.717) is 17.3 Å². The van der Waals surface area contributed by atoms with Crippen molar-refractivity contribution >= 4 is 52.3 Å². The average Bonchev–Trinajstić information content (AvgIpc) is 2.43. The number of benzene rings is 1. The highest BCUT2D eigenvalue weighted by Crippen LogP contribution is 2.33. The number of halogens is 3. The molecule has 1 fully saturated rings. The van der Waals surface area contributed by atoms with Crippen LogP contribution in [0.3, 0.4) is 0 Å². The van der Waals surface area contributed by atoms with E-state index >= 15 is 0 Å². The first kappa shape index (κ1) is 17.3. The number of quaternary nitrogens is 1. The van der Waals surface area contributed by atoms with Crippen LogP contribution >= 0.6 is 34.8 Å². The Morgan fingerprint density at radius 2 is 1.91 bits per heavy atom. The van der Waals surface area contributed by atoms with Gasteiger partial charge in [0.1, 0.15) is 0 Å². The molecule has 1 aliphatic heterocycles. The molecule has 1 saturated heterocycles. The standard InChI is InChI=1S/C14H16Cl3N3O2/c15-9-4-10(16)13(11(17)5-9)19-12(21)7-20-3-1-2-8(6-20)14(18)22/h4-5,8H,1-3,6-7H2,(H2,18,22)(H,19,21)/p+1/t8-/m1/s1. The lowest BCUT2D eigenvalue weighted by Gasteiger charge is -2.27. The predicted octanol–water partition coefficient (Wildman–Crippen LogP) is 1.37. The number of carbonyl (C=O) groups is 2. The van der Waals surface area contributed by atoms with E-state index in [4.69, 9.17) is 40.5 Å². The summed E-state index contributed by atoms with van der Waals surface area (Å²) in [5, 5.41) is 3.67. The highest BCUT2D eigenvalue weighted by atomic mass is 35.5. The molecular weight excluding hydrogens is 349 g/mol. The smallest absolute Gasteiger partial charge is 0.279 e. The molecule has 0 aromatic heterocycles. The van der Waals surface area contributed by atoms with Crippen molar-refractivity contribution in [2.45, 2.75) is 12.8 Å². The molecule has 1 unspecified atom stereocenters. The Kier molecular flexibility index (Phi) is 5.92. The van der Waals surface area contributed by atoms with E-state index in [9.17, 15) is 9.59 Å². The molecule has 1 aromatic rings. The van der Waals surface area contributed by atoms with Crippen molar-refractivity contribution in [1.29, 1.82) is 0 Å². The van der Waals surface area contributed by atoms with E-state index < -0.39 is 0 Å². The molecule has 22 heavy (non-hydrogen) atoms. The van der Waals surface area contributed by atoms with Gasteiger partial charge in [0.05, 0.1) is 34.7 Å². The molecule has 1 aliphatic rings. The van der Waals surface area contributed by atoms with Crippen LogP contribution in [0.2, 0.25) is 15.1 Å². The molecule has 2 rings (SSSR count). The van der Waals surface area contributed by atoms with Crippen molar-refractivity contribution in [2.24, 2.45) is 11.7 Å². The predicted molar refractivity (Wildman–Crippen MR) is 87.6 cm³/mol. The summed E-state index contributed by atoms with van der Waals surface area (Å²) in [5.74, 6) is -0.688. The maximum atomic E-state index is 12.1. The second-order valence-electron chi connectivity index (χ2n) is 5.42. The number of nitrogens with two attached hydrogens (primary N) is 1.